The molecule has 0 aliphatic rings. The molecule has 0 saturated carbocycles. The Morgan fingerprint density at radius 1 is 0.750 bits per heavy atom. The quantitative estimate of drug-likeness (QED) is 0.356. The summed E-state index contributed by atoms with van der Waals surface area (Å²) in [5.74, 6) is 0. The molecule has 0 amide bonds. The van der Waals surface area contributed by atoms with Gasteiger partial charge in [0, 0.05) is 0 Å². The molecular weight excluding hydrogens is 192 g/mol. The third kappa shape index (κ3) is 23.1. The monoisotopic (exact) mass is 220 g/mol. The van der Waals surface area contributed by atoms with Crippen LogP contribution in [0, 0.1) is 0 Å². The van der Waals surface area contributed by atoms with Crippen molar-refractivity contribution in [1.82, 2.24) is 0 Å². The van der Waals surface area contributed by atoms with Crippen molar-refractivity contribution in [3.63, 3.8) is 0 Å². The van der Waals surface area contributed by atoms with Crippen molar-refractivity contribution in [2.45, 2.75) is 52.4 Å². The lowest BCUT2D eigenvalue weighted by Gasteiger charge is -1.81. The maximum atomic E-state index is 3.62. The zero-order valence-electron chi connectivity index (χ0n) is 11.1. The van der Waals surface area contributed by atoms with E-state index in [-0.39, 0.29) is 0 Å². The second-order valence-corrected chi connectivity index (χ2v) is 3.53. The molecule has 0 radical (unpaired) electrons. The van der Waals surface area contributed by atoms with Crippen molar-refractivity contribution < 1.29 is 0 Å². The Morgan fingerprint density at radius 3 is 1.94 bits per heavy atom. The van der Waals surface area contributed by atoms with Gasteiger partial charge in [-0.25, -0.2) is 0 Å². The van der Waals surface area contributed by atoms with Crippen LogP contribution in [0.5, 0.6) is 0 Å². The van der Waals surface area contributed by atoms with Crippen molar-refractivity contribution in [2.75, 3.05) is 0 Å². The number of hydrogen-bond acceptors (Lipinski definition) is 0. The fourth-order valence-electron chi connectivity index (χ4n) is 0.976. The van der Waals surface area contributed by atoms with Gasteiger partial charge in [-0.2, -0.15) is 0 Å². The minimum atomic E-state index is 1.01. The molecule has 0 aromatic rings. The van der Waals surface area contributed by atoms with Gasteiger partial charge in [0.1, 0.15) is 0 Å². The van der Waals surface area contributed by atoms with E-state index in [0.29, 0.717) is 0 Å². The van der Waals surface area contributed by atoms with Crippen LogP contribution in [-0.2, 0) is 0 Å². The maximum Gasteiger partial charge on any atom is -0.0172 e. The molecule has 0 spiro atoms. The summed E-state index contributed by atoms with van der Waals surface area (Å²) in [5.41, 5.74) is 0. The molecule has 0 heterocycles. The molecule has 0 rings (SSSR count). The number of allylic oxidation sites excluding steroid dienone is 6. The normalized spacial score (nSPS) is 10.1. The first kappa shape index (κ1) is 17.4. The van der Waals surface area contributed by atoms with E-state index in [9.17, 15) is 0 Å². The lowest BCUT2D eigenvalue weighted by Crippen LogP contribution is -1.61. The minimum absolute atomic E-state index is 1.01. The molecule has 92 valence electrons. The molecule has 0 heteroatoms. The molecule has 0 unspecified atom stereocenters. The van der Waals surface area contributed by atoms with Crippen LogP contribution in [0.25, 0.3) is 0 Å². The molecule has 0 aliphatic heterocycles. The molecule has 0 N–H and O–H groups in total. The average molecular weight is 220 g/mol. The highest BCUT2D eigenvalue weighted by Gasteiger charge is 1.71. The highest BCUT2D eigenvalue weighted by molar-refractivity contribution is 4.87. The first-order valence-electron chi connectivity index (χ1n) is 6.35. The Labute approximate surface area is 102 Å². The van der Waals surface area contributed by atoms with Gasteiger partial charge in [0.25, 0.3) is 0 Å². The van der Waals surface area contributed by atoms with Gasteiger partial charge in [0.15, 0.2) is 0 Å². The SMILES string of the molecule is C=CCC=CCCC.C=CCCC=CCC. The average Bonchev–Trinajstić information content (AvgIpc) is 2.31. The van der Waals surface area contributed by atoms with Gasteiger partial charge in [-0.05, 0) is 32.1 Å². The first-order valence-corrected chi connectivity index (χ1v) is 6.35. The molecule has 0 saturated heterocycles. The van der Waals surface area contributed by atoms with E-state index < -0.39 is 0 Å². The van der Waals surface area contributed by atoms with E-state index in [0.717, 1.165) is 25.7 Å². The highest BCUT2D eigenvalue weighted by Crippen LogP contribution is 1.91. The summed E-state index contributed by atoms with van der Waals surface area (Å²) in [6.07, 6.45) is 19.4. The predicted molar refractivity (Wildman–Crippen MR) is 77.7 cm³/mol. The summed E-state index contributed by atoms with van der Waals surface area (Å²) in [4.78, 5) is 0. The van der Waals surface area contributed by atoms with Crippen LogP contribution in [0.4, 0.5) is 0 Å². The maximum absolute atomic E-state index is 3.62. The summed E-state index contributed by atoms with van der Waals surface area (Å²) < 4.78 is 0. The van der Waals surface area contributed by atoms with E-state index >= 15 is 0 Å². The Hall–Kier alpha value is -1.04. The number of unbranched alkanes of at least 4 members (excludes halogenated alkanes) is 2. The smallest absolute Gasteiger partial charge is 0.0172 e. The van der Waals surface area contributed by atoms with Gasteiger partial charge in [-0.15, -0.1) is 13.2 Å². The highest BCUT2D eigenvalue weighted by atomic mass is 13.8. The molecule has 0 bridgehead atoms. The zero-order valence-corrected chi connectivity index (χ0v) is 11.1. The molecule has 0 atom stereocenters. The summed E-state index contributed by atoms with van der Waals surface area (Å²) in [6, 6.07) is 0. The van der Waals surface area contributed by atoms with Crippen LogP contribution in [-0.4, -0.2) is 0 Å². The van der Waals surface area contributed by atoms with Crippen LogP contribution in [0.1, 0.15) is 52.4 Å². The van der Waals surface area contributed by atoms with E-state index in [1.54, 1.807) is 0 Å². The van der Waals surface area contributed by atoms with E-state index in [4.69, 9.17) is 0 Å². The van der Waals surface area contributed by atoms with Crippen molar-refractivity contribution in [3.05, 3.63) is 49.6 Å². The topological polar surface area (TPSA) is 0 Å². The molecular formula is C16H28. The van der Waals surface area contributed by atoms with Gasteiger partial charge < -0.3 is 0 Å². The Bertz CT molecular complexity index is 184. The Kier molecular flexibility index (Phi) is 21.2. The van der Waals surface area contributed by atoms with Crippen LogP contribution < -0.4 is 0 Å². The third-order valence-corrected chi connectivity index (χ3v) is 1.86. The van der Waals surface area contributed by atoms with E-state index in [2.05, 4.69) is 51.3 Å². The second kappa shape index (κ2) is 19.5. The molecule has 0 aliphatic carbocycles. The first-order chi connectivity index (χ1) is 7.83. The number of rotatable bonds is 8. The Balaban J connectivity index is 0. The van der Waals surface area contributed by atoms with Crippen molar-refractivity contribution in [1.29, 1.82) is 0 Å². The van der Waals surface area contributed by atoms with Crippen LogP contribution in [0.2, 0.25) is 0 Å². The molecule has 0 nitrogen and oxygen atoms in total. The standard InChI is InChI=1S/2C8H14/c2*1-3-5-7-8-6-4-2/h3,7-8H,1,4-6H2,2H3;3,6,8H,1,4-5,7H2,2H3. The molecule has 0 aromatic heterocycles. The lowest BCUT2D eigenvalue weighted by atomic mass is 10.3. The fraction of sp³-hybridized carbons (Fsp3) is 0.500. The number of hydrogen-bond donors (Lipinski definition) is 0. The summed E-state index contributed by atoms with van der Waals surface area (Å²) in [7, 11) is 0. The Morgan fingerprint density at radius 2 is 1.44 bits per heavy atom. The van der Waals surface area contributed by atoms with Crippen LogP contribution >= 0.6 is 0 Å². The molecule has 16 heavy (non-hydrogen) atoms. The summed E-state index contributed by atoms with van der Waals surface area (Å²) in [5, 5.41) is 0. The van der Waals surface area contributed by atoms with Crippen molar-refractivity contribution in [2.24, 2.45) is 0 Å². The third-order valence-electron chi connectivity index (χ3n) is 1.86. The van der Waals surface area contributed by atoms with Gasteiger partial charge in [-0.3, -0.25) is 0 Å². The van der Waals surface area contributed by atoms with Gasteiger partial charge >= 0.3 is 0 Å². The second-order valence-electron chi connectivity index (χ2n) is 3.53. The molecule has 0 aromatic carbocycles. The van der Waals surface area contributed by atoms with Gasteiger partial charge in [0.05, 0.1) is 0 Å². The minimum Gasteiger partial charge on any atom is -0.103 e. The van der Waals surface area contributed by atoms with E-state index in [1.165, 1.54) is 12.8 Å². The predicted octanol–water partition coefficient (Wildman–Crippen LogP) is 5.84. The summed E-state index contributed by atoms with van der Waals surface area (Å²) in [6.45, 7) is 11.6. The lowest BCUT2D eigenvalue weighted by molar-refractivity contribution is 0.955. The van der Waals surface area contributed by atoms with Crippen molar-refractivity contribution in [3.8, 4) is 0 Å². The van der Waals surface area contributed by atoms with E-state index in [1.807, 2.05) is 12.2 Å². The largest absolute Gasteiger partial charge is 0.103 e. The molecule has 0 fully saturated rings. The zero-order chi connectivity index (χ0) is 12.5. The summed E-state index contributed by atoms with van der Waals surface area (Å²) >= 11 is 0. The van der Waals surface area contributed by atoms with Crippen LogP contribution in [0.3, 0.4) is 0 Å². The van der Waals surface area contributed by atoms with Gasteiger partial charge in [0.2, 0.25) is 0 Å². The fourth-order valence-corrected chi connectivity index (χ4v) is 0.976. The van der Waals surface area contributed by atoms with Gasteiger partial charge in [-0.1, -0.05) is 56.7 Å². The van der Waals surface area contributed by atoms with Crippen LogP contribution in [0.15, 0.2) is 49.6 Å². The van der Waals surface area contributed by atoms with Crippen molar-refractivity contribution >= 4 is 0 Å².